The summed E-state index contributed by atoms with van der Waals surface area (Å²) in [6.07, 6.45) is 8.70. The minimum Gasteiger partial charge on any atom is -0.332 e. The van der Waals surface area contributed by atoms with Crippen LogP contribution in [0.1, 0.15) is 42.5 Å². The number of benzene rings is 1. The maximum absolute atomic E-state index is 14.0. The number of rotatable bonds is 4. The molecule has 28 heavy (non-hydrogen) atoms. The molecular formula is C23H22FN3O. The molecule has 1 fully saturated rings. The molecule has 5 rings (SSSR count). The van der Waals surface area contributed by atoms with Crippen LogP contribution in [0.15, 0.2) is 58.7 Å². The summed E-state index contributed by atoms with van der Waals surface area (Å²) in [5.74, 6) is -0.273. The van der Waals surface area contributed by atoms with Crippen molar-refractivity contribution in [3.8, 4) is 11.3 Å². The van der Waals surface area contributed by atoms with Gasteiger partial charge in [-0.15, -0.1) is 0 Å². The third kappa shape index (κ3) is 3.15. The Morgan fingerprint density at radius 2 is 1.89 bits per heavy atom. The lowest BCUT2D eigenvalue weighted by Crippen LogP contribution is -2.43. The van der Waals surface area contributed by atoms with Crippen LogP contribution in [0, 0.1) is 5.82 Å². The SMILES string of the molecule is O=C(c1ccc(-c2ncccc2F)cc1)N(C1CC1)C1CCC2=C(C=NC2)C1. The Kier molecular flexibility index (Phi) is 4.30. The molecule has 0 radical (unpaired) electrons. The van der Waals surface area contributed by atoms with Gasteiger partial charge in [0, 0.05) is 35.6 Å². The van der Waals surface area contributed by atoms with E-state index < -0.39 is 0 Å². The Morgan fingerprint density at radius 3 is 2.64 bits per heavy atom. The van der Waals surface area contributed by atoms with Crippen molar-refractivity contribution in [3.05, 3.63) is 65.1 Å². The van der Waals surface area contributed by atoms with Gasteiger partial charge in [0.25, 0.3) is 5.91 Å². The number of amides is 1. The van der Waals surface area contributed by atoms with Gasteiger partial charge in [0.1, 0.15) is 11.5 Å². The average molecular weight is 375 g/mol. The molecule has 4 nitrogen and oxygen atoms in total. The van der Waals surface area contributed by atoms with Crippen LogP contribution in [0.5, 0.6) is 0 Å². The summed E-state index contributed by atoms with van der Waals surface area (Å²) in [4.78, 5) is 23.9. The molecule has 3 aliphatic rings. The van der Waals surface area contributed by atoms with Crippen LogP contribution in [0.3, 0.4) is 0 Å². The van der Waals surface area contributed by atoms with Gasteiger partial charge >= 0.3 is 0 Å². The summed E-state index contributed by atoms with van der Waals surface area (Å²) in [5, 5.41) is 0. The molecule has 0 spiro atoms. The largest absolute Gasteiger partial charge is 0.332 e. The Balaban J connectivity index is 1.38. The number of carbonyl (C=O) groups is 1. The quantitative estimate of drug-likeness (QED) is 0.794. The maximum Gasteiger partial charge on any atom is 0.254 e. The highest BCUT2D eigenvalue weighted by Crippen LogP contribution is 2.37. The zero-order valence-electron chi connectivity index (χ0n) is 15.6. The lowest BCUT2D eigenvalue weighted by atomic mass is 9.88. The van der Waals surface area contributed by atoms with E-state index in [9.17, 15) is 9.18 Å². The number of hydrogen-bond donors (Lipinski definition) is 0. The highest BCUT2D eigenvalue weighted by atomic mass is 19.1. The standard InChI is InChI=1S/C23H22FN3O/c24-21-2-1-11-26-22(21)15-3-5-16(6-4-15)23(28)27(19-9-10-19)20-8-7-17-13-25-14-18(17)12-20/h1-6,11,14,19-20H,7-10,12-13H2. The number of aromatic nitrogens is 1. The Morgan fingerprint density at radius 1 is 1.07 bits per heavy atom. The van der Waals surface area contributed by atoms with Gasteiger partial charge < -0.3 is 4.90 Å². The van der Waals surface area contributed by atoms with Crippen LogP contribution in [0.25, 0.3) is 11.3 Å². The monoisotopic (exact) mass is 375 g/mol. The molecule has 2 aromatic rings. The molecule has 1 unspecified atom stereocenters. The predicted molar refractivity (Wildman–Crippen MR) is 107 cm³/mol. The number of pyridine rings is 1. The molecule has 142 valence electrons. The van der Waals surface area contributed by atoms with Gasteiger partial charge in [-0.3, -0.25) is 14.8 Å². The van der Waals surface area contributed by atoms with E-state index in [-0.39, 0.29) is 17.8 Å². The first-order valence-corrected chi connectivity index (χ1v) is 9.95. The highest BCUT2D eigenvalue weighted by Gasteiger charge is 2.39. The van der Waals surface area contributed by atoms with E-state index in [2.05, 4.69) is 14.9 Å². The van der Waals surface area contributed by atoms with Crippen molar-refractivity contribution in [2.24, 2.45) is 4.99 Å². The van der Waals surface area contributed by atoms with Gasteiger partial charge in [0.15, 0.2) is 0 Å². The third-order valence-corrected chi connectivity index (χ3v) is 5.95. The first kappa shape index (κ1) is 17.3. The second kappa shape index (κ2) is 6.97. The molecule has 1 aromatic heterocycles. The van der Waals surface area contributed by atoms with E-state index in [1.807, 2.05) is 6.21 Å². The smallest absolute Gasteiger partial charge is 0.254 e. The van der Waals surface area contributed by atoms with Crippen LogP contribution < -0.4 is 0 Å². The summed E-state index contributed by atoms with van der Waals surface area (Å²) in [5.41, 5.74) is 4.43. The molecule has 0 N–H and O–H groups in total. The van der Waals surface area contributed by atoms with Crippen molar-refractivity contribution in [2.45, 2.75) is 44.2 Å². The Hall–Kier alpha value is -2.82. The minimum absolute atomic E-state index is 0.0829. The van der Waals surface area contributed by atoms with Crippen LogP contribution in [0.2, 0.25) is 0 Å². The van der Waals surface area contributed by atoms with E-state index in [0.717, 1.165) is 38.6 Å². The van der Waals surface area contributed by atoms with E-state index in [1.54, 1.807) is 36.5 Å². The Bertz CT molecular complexity index is 976. The molecule has 0 saturated heterocycles. The summed E-state index contributed by atoms with van der Waals surface area (Å²) < 4.78 is 14.0. The molecule has 1 atom stereocenters. The zero-order chi connectivity index (χ0) is 19.1. The lowest BCUT2D eigenvalue weighted by Gasteiger charge is -2.35. The van der Waals surface area contributed by atoms with Gasteiger partial charge in [0.2, 0.25) is 0 Å². The fourth-order valence-corrected chi connectivity index (χ4v) is 4.33. The third-order valence-electron chi connectivity index (χ3n) is 5.95. The average Bonchev–Trinajstić information content (AvgIpc) is 3.44. The van der Waals surface area contributed by atoms with Crippen molar-refractivity contribution in [2.75, 3.05) is 6.54 Å². The molecule has 1 amide bonds. The molecule has 0 bridgehead atoms. The van der Waals surface area contributed by atoms with Gasteiger partial charge in [-0.1, -0.05) is 12.1 Å². The summed E-state index contributed by atoms with van der Waals surface area (Å²) in [6.45, 7) is 0.838. The van der Waals surface area contributed by atoms with Gasteiger partial charge in [-0.05, 0) is 67.5 Å². The van der Waals surface area contributed by atoms with E-state index in [4.69, 9.17) is 0 Å². The molecule has 5 heteroatoms. The van der Waals surface area contributed by atoms with Crippen LogP contribution in [-0.2, 0) is 0 Å². The molecule has 1 aromatic carbocycles. The Labute approximate surface area is 163 Å². The predicted octanol–water partition coefficient (Wildman–Crippen LogP) is 4.43. The van der Waals surface area contributed by atoms with Gasteiger partial charge in [0.05, 0.1) is 6.54 Å². The lowest BCUT2D eigenvalue weighted by molar-refractivity contribution is 0.0645. The molecule has 1 aliphatic heterocycles. The summed E-state index contributed by atoms with van der Waals surface area (Å²) in [6, 6.07) is 10.7. The van der Waals surface area contributed by atoms with Crippen molar-refractivity contribution in [3.63, 3.8) is 0 Å². The molecular weight excluding hydrogens is 353 g/mol. The normalized spacial score (nSPS) is 21.0. The van der Waals surface area contributed by atoms with Gasteiger partial charge in [-0.2, -0.15) is 0 Å². The van der Waals surface area contributed by atoms with E-state index in [0.29, 0.717) is 22.9 Å². The van der Waals surface area contributed by atoms with Crippen LogP contribution in [-0.4, -0.2) is 40.6 Å². The second-order valence-corrected chi connectivity index (χ2v) is 7.85. The number of nitrogens with zero attached hydrogens (tertiary/aromatic N) is 3. The topological polar surface area (TPSA) is 45.6 Å². The van der Waals surface area contributed by atoms with Crippen molar-refractivity contribution in [1.82, 2.24) is 9.88 Å². The molecule has 2 aliphatic carbocycles. The maximum atomic E-state index is 14.0. The van der Waals surface area contributed by atoms with Crippen molar-refractivity contribution < 1.29 is 9.18 Å². The summed E-state index contributed by atoms with van der Waals surface area (Å²) >= 11 is 0. The summed E-state index contributed by atoms with van der Waals surface area (Å²) in [7, 11) is 0. The number of carbonyl (C=O) groups excluding carboxylic acids is 1. The van der Waals surface area contributed by atoms with E-state index in [1.165, 1.54) is 17.2 Å². The number of aliphatic imine (C=N–C) groups is 1. The fraction of sp³-hybridized carbons (Fsp3) is 0.348. The minimum atomic E-state index is -0.356. The fourth-order valence-electron chi connectivity index (χ4n) is 4.33. The van der Waals surface area contributed by atoms with E-state index >= 15 is 0 Å². The molecule has 2 heterocycles. The van der Waals surface area contributed by atoms with Crippen molar-refractivity contribution in [1.29, 1.82) is 0 Å². The first-order chi connectivity index (χ1) is 13.7. The number of halogens is 1. The number of hydrogen-bond acceptors (Lipinski definition) is 3. The zero-order valence-corrected chi connectivity index (χ0v) is 15.6. The van der Waals surface area contributed by atoms with Crippen LogP contribution >= 0.6 is 0 Å². The highest BCUT2D eigenvalue weighted by molar-refractivity contribution is 5.95. The molecule has 1 saturated carbocycles. The van der Waals surface area contributed by atoms with Gasteiger partial charge in [-0.25, -0.2) is 4.39 Å². The van der Waals surface area contributed by atoms with Crippen molar-refractivity contribution >= 4 is 12.1 Å². The first-order valence-electron chi connectivity index (χ1n) is 9.95. The second-order valence-electron chi connectivity index (χ2n) is 7.85. The van der Waals surface area contributed by atoms with Crippen LogP contribution in [0.4, 0.5) is 4.39 Å².